The number of hydrogen-bond acceptors (Lipinski definition) is 6. The van der Waals surface area contributed by atoms with E-state index in [-0.39, 0.29) is 5.91 Å². The average molecular weight is 360 g/mol. The summed E-state index contributed by atoms with van der Waals surface area (Å²) in [6.07, 6.45) is 6.05. The number of nitrogens with zero attached hydrogens (tertiary/aromatic N) is 4. The van der Waals surface area contributed by atoms with E-state index in [2.05, 4.69) is 32.5 Å². The number of fused-ring (bicyclic) bond motifs is 1. The van der Waals surface area contributed by atoms with Crippen molar-refractivity contribution in [3.8, 4) is 0 Å². The quantitative estimate of drug-likeness (QED) is 0.863. The summed E-state index contributed by atoms with van der Waals surface area (Å²) in [4.78, 5) is 21.5. The van der Waals surface area contributed by atoms with Gasteiger partial charge in [-0.25, -0.2) is 4.98 Å². The van der Waals surface area contributed by atoms with Gasteiger partial charge in [0.05, 0.1) is 5.69 Å². The van der Waals surface area contributed by atoms with Gasteiger partial charge in [-0.1, -0.05) is 6.92 Å². The van der Waals surface area contributed by atoms with Crippen LogP contribution in [-0.2, 0) is 23.3 Å². The molecular weight excluding hydrogens is 336 g/mol. The van der Waals surface area contributed by atoms with Gasteiger partial charge in [0.2, 0.25) is 0 Å². The van der Waals surface area contributed by atoms with Gasteiger partial charge in [-0.15, -0.1) is 11.3 Å². The lowest BCUT2D eigenvalue weighted by Crippen LogP contribution is -2.52. The zero-order valence-corrected chi connectivity index (χ0v) is 15.3. The number of rotatable bonds is 4. The summed E-state index contributed by atoms with van der Waals surface area (Å²) < 4.78 is 1.81. The summed E-state index contributed by atoms with van der Waals surface area (Å²) in [7, 11) is 0. The van der Waals surface area contributed by atoms with Gasteiger partial charge in [-0.05, 0) is 38.5 Å². The second kappa shape index (κ2) is 6.86. The molecule has 0 saturated carbocycles. The minimum atomic E-state index is -0.629. The van der Waals surface area contributed by atoms with Gasteiger partial charge in [-0.2, -0.15) is 5.10 Å². The molecule has 7 nitrogen and oxygen atoms in total. The van der Waals surface area contributed by atoms with E-state index >= 15 is 0 Å². The van der Waals surface area contributed by atoms with Crippen LogP contribution in [0.2, 0.25) is 0 Å². The lowest BCUT2D eigenvalue weighted by atomic mass is 9.87. The molecule has 0 radical (unpaired) electrons. The third-order valence-electron chi connectivity index (χ3n) is 5.27. The number of piperidine rings is 1. The molecule has 2 aromatic heterocycles. The molecule has 25 heavy (non-hydrogen) atoms. The highest BCUT2D eigenvalue weighted by Gasteiger charge is 2.42. The summed E-state index contributed by atoms with van der Waals surface area (Å²) in [6, 6.07) is 1.87. The topological polar surface area (TPSA) is 75.1 Å². The van der Waals surface area contributed by atoms with Crippen LogP contribution in [0.3, 0.4) is 0 Å². The number of carbonyl (C=O) groups is 1. The average Bonchev–Trinajstić information content (AvgIpc) is 3.31. The first kappa shape index (κ1) is 16.7. The molecule has 134 valence electrons. The van der Waals surface area contributed by atoms with E-state index in [1.165, 1.54) is 4.88 Å². The Bertz CT molecular complexity index is 734. The van der Waals surface area contributed by atoms with Gasteiger partial charge in [0.15, 0.2) is 5.13 Å². The van der Waals surface area contributed by atoms with Crippen molar-refractivity contribution < 1.29 is 4.79 Å². The number of carbonyl (C=O) groups excluding carboxylic acids is 1. The molecular formula is C17H24N6OS. The summed E-state index contributed by atoms with van der Waals surface area (Å²) >= 11 is 1.61. The van der Waals surface area contributed by atoms with Crippen molar-refractivity contribution in [3.05, 3.63) is 29.0 Å². The summed E-state index contributed by atoms with van der Waals surface area (Å²) in [5, 5.41) is 11.5. The molecule has 4 heterocycles. The molecule has 2 aliphatic heterocycles. The fraction of sp³-hybridized carbons (Fsp3) is 0.588. The molecule has 1 saturated heterocycles. The SMILES string of the molecule is CCN1CCc2nc(NC(=O)C3(n4cccn4)CCNCC3)sc2C1. The predicted molar refractivity (Wildman–Crippen MR) is 97.7 cm³/mol. The molecule has 0 aliphatic carbocycles. The highest BCUT2D eigenvalue weighted by atomic mass is 32.1. The standard InChI is InChI=1S/C17H24N6OS/c1-2-22-11-4-13-14(12-22)25-16(20-13)21-15(24)17(5-8-18-9-6-17)23-10-3-7-19-23/h3,7,10,18H,2,4-6,8-9,11-12H2,1H3,(H,20,21,24). The van der Waals surface area contributed by atoms with Crippen LogP contribution in [0.25, 0.3) is 0 Å². The summed E-state index contributed by atoms with van der Waals surface area (Å²) in [5.74, 6) is -0.00357. The number of anilines is 1. The van der Waals surface area contributed by atoms with Crippen molar-refractivity contribution in [3.63, 3.8) is 0 Å². The second-order valence-corrected chi connectivity index (χ2v) is 7.78. The van der Waals surface area contributed by atoms with E-state index in [1.807, 2.05) is 16.9 Å². The first-order chi connectivity index (χ1) is 12.2. The molecule has 8 heteroatoms. The Morgan fingerprint density at radius 2 is 2.28 bits per heavy atom. The second-order valence-electron chi connectivity index (χ2n) is 6.69. The molecule has 4 rings (SSSR count). The van der Waals surface area contributed by atoms with E-state index in [0.717, 1.165) is 62.8 Å². The molecule has 0 spiro atoms. The third-order valence-corrected chi connectivity index (χ3v) is 6.27. The Labute approximate surface area is 151 Å². The van der Waals surface area contributed by atoms with Crippen molar-refractivity contribution >= 4 is 22.4 Å². The highest BCUT2D eigenvalue weighted by molar-refractivity contribution is 7.15. The summed E-state index contributed by atoms with van der Waals surface area (Å²) in [6.45, 7) is 6.84. The van der Waals surface area contributed by atoms with E-state index in [0.29, 0.717) is 0 Å². The van der Waals surface area contributed by atoms with Crippen molar-refractivity contribution in [2.45, 2.75) is 38.3 Å². The van der Waals surface area contributed by atoms with Gasteiger partial charge >= 0.3 is 0 Å². The van der Waals surface area contributed by atoms with Crippen LogP contribution < -0.4 is 10.6 Å². The maximum absolute atomic E-state index is 13.2. The van der Waals surface area contributed by atoms with Crippen LogP contribution in [0.1, 0.15) is 30.3 Å². The smallest absolute Gasteiger partial charge is 0.254 e. The van der Waals surface area contributed by atoms with Crippen molar-refractivity contribution in [2.24, 2.45) is 0 Å². The van der Waals surface area contributed by atoms with Crippen LogP contribution in [0, 0.1) is 0 Å². The molecule has 2 aromatic rings. The van der Waals surface area contributed by atoms with Gasteiger partial charge in [0, 0.05) is 36.8 Å². The van der Waals surface area contributed by atoms with Gasteiger partial charge in [0.25, 0.3) is 5.91 Å². The monoisotopic (exact) mass is 360 g/mol. The van der Waals surface area contributed by atoms with Gasteiger partial charge in [0.1, 0.15) is 5.54 Å². The van der Waals surface area contributed by atoms with E-state index in [1.54, 1.807) is 17.5 Å². The third kappa shape index (κ3) is 3.09. The van der Waals surface area contributed by atoms with Crippen LogP contribution in [-0.4, -0.2) is 51.8 Å². The first-order valence-electron chi connectivity index (χ1n) is 8.94. The van der Waals surface area contributed by atoms with Gasteiger partial charge in [-0.3, -0.25) is 19.7 Å². The molecule has 0 bridgehead atoms. The minimum absolute atomic E-state index is 0.00357. The fourth-order valence-electron chi connectivity index (χ4n) is 3.71. The van der Waals surface area contributed by atoms with Crippen LogP contribution >= 0.6 is 11.3 Å². The maximum Gasteiger partial charge on any atom is 0.254 e. The fourth-order valence-corrected chi connectivity index (χ4v) is 4.75. The van der Waals surface area contributed by atoms with E-state index in [4.69, 9.17) is 0 Å². The Kier molecular flexibility index (Phi) is 4.58. The highest BCUT2D eigenvalue weighted by Crippen LogP contribution is 2.32. The number of likely N-dealkylation sites (N-methyl/N-ethyl adjacent to an activating group) is 1. The Morgan fingerprint density at radius 3 is 3.00 bits per heavy atom. The predicted octanol–water partition coefficient (Wildman–Crippen LogP) is 1.43. The minimum Gasteiger partial charge on any atom is -0.317 e. The zero-order valence-electron chi connectivity index (χ0n) is 14.5. The Morgan fingerprint density at radius 1 is 1.44 bits per heavy atom. The molecule has 0 unspecified atom stereocenters. The van der Waals surface area contributed by atoms with Crippen molar-refractivity contribution in [2.75, 3.05) is 31.5 Å². The van der Waals surface area contributed by atoms with Gasteiger partial charge < -0.3 is 5.32 Å². The number of hydrogen-bond donors (Lipinski definition) is 2. The molecule has 2 N–H and O–H groups in total. The number of nitrogens with one attached hydrogen (secondary N) is 2. The number of thiazole rings is 1. The largest absolute Gasteiger partial charge is 0.317 e. The van der Waals surface area contributed by atoms with Crippen LogP contribution in [0.5, 0.6) is 0 Å². The first-order valence-corrected chi connectivity index (χ1v) is 9.76. The Balaban J connectivity index is 1.55. The van der Waals surface area contributed by atoms with E-state index < -0.39 is 5.54 Å². The molecule has 2 aliphatic rings. The number of amides is 1. The molecule has 1 amide bonds. The van der Waals surface area contributed by atoms with Crippen LogP contribution in [0.4, 0.5) is 5.13 Å². The van der Waals surface area contributed by atoms with E-state index in [9.17, 15) is 4.79 Å². The molecule has 0 atom stereocenters. The lowest BCUT2D eigenvalue weighted by Gasteiger charge is -2.36. The summed E-state index contributed by atoms with van der Waals surface area (Å²) in [5.41, 5.74) is 0.513. The zero-order chi connectivity index (χ0) is 17.3. The normalized spacial score (nSPS) is 20.2. The Hall–Kier alpha value is -1.77. The molecule has 0 aromatic carbocycles. The number of aromatic nitrogens is 3. The van der Waals surface area contributed by atoms with Crippen molar-refractivity contribution in [1.82, 2.24) is 25.0 Å². The molecule has 1 fully saturated rings. The maximum atomic E-state index is 13.2. The van der Waals surface area contributed by atoms with Crippen molar-refractivity contribution in [1.29, 1.82) is 0 Å². The van der Waals surface area contributed by atoms with Crippen LogP contribution in [0.15, 0.2) is 18.5 Å². The lowest BCUT2D eigenvalue weighted by molar-refractivity contribution is -0.126.